The van der Waals surface area contributed by atoms with Crippen LogP contribution in [0.2, 0.25) is 0 Å². The summed E-state index contributed by atoms with van der Waals surface area (Å²) < 4.78 is 0. The lowest BCUT2D eigenvalue weighted by atomic mass is 10.0. The van der Waals surface area contributed by atoms with Crippen molar-refractivity contribution in [1.82, 2.24) is 4.98 Å². The predicted octanol–water partition coefficient (Wildman–Crippen LogP) is 3.30. The zero-order valence-electron chi connectivity index (χ0n) is 10.8. The Balaban J connectivity index is 2.30. The summed E-state index contributed by atoms with van der Waals surface area (Å²) in [5.74, 6) is 0. The number of thiazole rings is 1. The molecule has 0 aliphatic carbocycles. The first-order valence-electron chi connectivity index (χ1n) is 5.94. The van der Waals surface area contributed by atoms with Gasteiger partial charge in [0, 0.05) is 23.1 Å². The molecule has 0 amide bonds. The van der Waals surface area contributed by atoms with Crippen LogP contribution in [0.5, 0.6) is 0 Å². The Labute approximate surface area is 115 Å². The van der Waals surface area contributed by atoms with Crippen LogP contribution in [0, 0.1) is 10.1 Å². The second-order valence-electron chi connectivity index (χ2n) is 4.61. The monoisotopic (exact) mass is 277 g/mol. The quantitative estimate of drug-likeness (QED) is 0.686. The second-order valence-corrected chi connectivity index (χ2v) is 5.47. The van der Waals surface area contributed by atoms with E-state index in [0.717, 1.165) is 22.7 Å². The van der Waals surface area contributed by atoms with E-state index in [1.165, 1.54) is 23.5 Å². The number of non-ortho nitro benzene ring substituents is 1. The van der Waals surface area contributed by atoms with Crippen molar-refractivity contribution in [2.45, 2.75) is 25.8 Å². The van der Waals surface area contributed by atoms with Gasteiger partial charge in [-0.25, -0.2) is 4.98 Å². The van der Waals surface area contributed by atoms with Crippen molar-refractivity contribution in [3.63, 3.8) is 0 Å². The molecule has 0 bridgehead atoms. The first-order chi connectivity index (χ1) is 8.94. The Morgan fingerprint density at radius 2 is 2.05 bits per heavy atom. The summed E-state index contributed by atoms with van der Waals surface area (Å²) >= 11 is 1.52. The van der Waals surface area contributed by atoms with E-state index in [-0.39, 0.29) is 5.69 Å². The predicted molar refractivity (Wildman–Crippen MR) is 76.0 cm³/mol. The maximum Gasteiger partial charge on any atom is 0.269 e. The van der Waals surface area contributed by atoms with Gasteiger partial charge in [0.1, 0.15) is 5.01 Å². The first kappa shape index (κ1) is 13.6. The Hall–Kier alpha value is -1.79. The number of nitrogens with zero attached hydrogens (tertiary/aromatic N) is 2. The van der Waals surface area contributed by atoms with Gasteiger partial charge < -0.3 is 5.73 Å². The fraction of sp³-hybridized carbons (Fsp3) is 0.308. The van der Waals surface area contributed by atoms with Crippen molar-refractivity contribution in [2.75, 3.05) is 0 Å². The Bertz CT molecular complexity index is 590. The van der Waals surface area contributed by atoms with Crippen molar-refractivity contribution >= 4 is 17.0 Å². The van der Waals surface area contributed by atoms with Gasteiger partial charge in [0.15, 0.2) is 0 Å². The largest absolute Gasteiger partial charge is 0.320 e. The molecule has 0 saturated carbocycles. The van der Waals surface area contributed by atoms with Crippen molar-refractivity contribution in [3.8, 4) is 11.3 Å². The topological polar surface area (TPSA) is 82.0 Å². The van der Waals surface area contributed by atoms with E-state index in [9.17, 15) is 10.1 Å². The maximum atomic E-state index is 10.6. The summed E-state index contributed by atoms with van der Waals surface area (Å²) in [6.45, 7) is 3.97. The van der Waals surface area contributed by atoms with E-state index in [0.29, 0.717) is 0 Å². The Kier molecular flexibility index (Phi) is 3.64. The van der Waals surface area contributed by atoms with E-state index < -0.39 is 10.5 Å². The molecule has 1 aromatic heterocycles. The molecule has 0 aliphatic heterocycles. The van der Waals surface area contributed by atoms with Crippen LogP contribution in [0.4, 0.5) is 5.69 Å². The standard InChI is InChI=1S/C13H15N3O2S/c1-3-13(2,14)12-15-11(8-19-12)9-4-6-10(7-5-9)16(17)18/h4-8H,3,14H2,1-2H3. The lowest BCUT2D eigenvalue weighted by Crippen LogP contribution is -2.31. The van der Waals surface area contributed by atoms with Gasteiger partial charge in [-0.3, -0.25) is 10.1 Å². The van der Waals surface area contributed by atoms with Crippen LogP contribution in [0.3, 0.4) is 0 Å². The second kappa shape index (κ2) is 5.07. The maximum absolute atomic E-state index is 10.6. The highest BCUT2D eigenvalue weighted by atomic mass is 32.1. The van der Waals surface area contributed by atoms with Crippen LogP contribution < -0.4 is 5.73 Å². The zero-order valence-corrected chi connectivity index (χ0v) is 11.6. The van der Waals surface area contributed by atoms with Crippen LogP contribution in [-0.4, -0.2) is 9.91 Å². The van der Waals surface area contributed by atoms with Crippen molar-refractivity contribution in [2.24, 2.45) is 5.73 Å². The molecular formula is C13H15N3O2S. The van der Waals surface area contributed by atoms with E-state index in [4.69, 9.17) is 5.73 Å². The fourth-order valence-corrected chi connectivity index (χ4v) is 2.55. The van der Waals surface area contributed by atoms with Gasteiger partial charge in [-0.15, -0.1) is 11.3 Å². The first-order valence-corrected chi connectivity index (χ1v) is 6.81. The summed E-state index contributed by atoms with van der Waals surface area (Å²) in [6.07, 6.45) is 0.806. The van der Waals surface area contributed by atoms with Gasteiger partial charge in [-0.05, 0) is 25.5 Å². The summed E-state index contributed by atoms with van der Waals surface area (Å²) in [4.78, 5) is 14.7. The van der Waals surface area contributed by atoms with Gasteiger partial charge in [0.05, 0.1) is 16.2 Å². The molecule has 19 heavy (non-hydrogen) atoms. The van der Waals surface area contributed by atoms with Gasteiger partial charge in [-0.2, -0.15) is 0 Å². The fourth-order valence-electron chi connectivity index (χ4n) is 1.57. The lowest BCUT2D eigenvalue weighted by Gasteiger charge is -2.18. The molecule has 5 nitrogen and oxygen atoms in total. The molecule has 6 heteroatoms. The number of hydrogen-bond acceptors (Lipinski definition) is 5. The summed E-state index contributed by atoms with van der Waals surface area (Å²) in [5.41, 5.74) is 7.47. The third-order valence-corrected chi connectivity index (χ3v) is 4.22. The van der Waals surface area contributed by atoms with Gasteiger partial charge >= 0.3 is 0 Å². The number of hydrogen-bond donors (Lipinski definition) is 1. The third kappa shape index (κ3) is 2.80. The molecule has 0 spiro atoms. The van der Waals surface area contributed by atoms with Gasteiger partial charge in [0.2, 0.25) is 0 Å². The number of rotatable bonds is 4. The Morgan fingerprint density at radius 3 is 2.58 bits per heavy atom. The molecule has 0 aliphatic rings. The van der Waals surface area contributed by atoms with Crippen LogP contribution in [0.1, 0.15) is 25.3 Å². The molecule has 1 unspecified atom stereocenters. The molecule has 2 aromatic rings. The molecule has 0 saturated heterocycles. The minimum Gasteiger partial charge on any atom is -0.320 e. The molecule has 1 heterocycles. The average Bonchev–Trinajstić information content (AvgIpc) is 2.89. The van der Waals surface area contributed by atoms with Crippen molar-refractivity contribution in [1.29, 1.82) is 0 Å². The molecule has 1 atom stereocenters. The summed E-state index contributed by atoms with van der Waals surface area (Å²) in [6, 6.07) is 6.37. The van der Waals surface area contributed by atoms with Crippen molar-refractivity contribution in [3.05, 3.63) is 44.8 Å². The SMILES string of the molecule is CCC(C)(N)c1nc(-c2ccc([N+](=O)[O-])cc2)cs1. The number of aromatic nitrogens is 1. The highest BCUT2D eigenvalue weighted by Crippen LogP contribution is 2.29. The lowest BCUT2D eigenvalue weighted by molar-refractivity contribution is -0.384. The molecular weight excluding hydrogens is 262 g/mol. The average molecular weight is 277 g/mol. The van der Waals surface area contributed by atoms with E-state index >= 15 is 0 Å². The molecule has 1 aromatic carbocycles. The minimum atomic E-state index is -0.427. The minimum absolute atomic E-state index is 0.0800. The van der Waals surface area contributed by atoms with Crippen LogP contribution in [0.15, 0.2) is 29.6 Å². The number of nitrogens with two attached hydrogens (primary N) is 1. The van der Waals surface area contributed by atoms with E-state index in [1.54, 1.807) is 12.1 Å². The number of nitro benzene ring substituents is 1. The normalized spacial score (nSPS) is 14.1. The van der Waals surface area contributed by atoms with Crippen LogP contribution in [-0.2, 0) is 5.54 Å². The molecule has 0 radical (unpaired) electrons. The van der Waals surface area contributed by atoms with Gasteiger partial charge in [-0.1, -0.05) is 6.92 Å². The Morgan fingerprint density at radius 1 is 1.42 bits per heavy atom. The molecule has 2 rings (SSSR count). The summed E-state index contributed by atoms with van der Waals surface area (Å²) in [7, 11) is 0. The highest BCUT2D eigenvalue weighted by molar-refractivity contribution is 7.10. The highest BCUT2D eigenvalue weighted by Gasteiger charge is 2.22. The summed E-state index contributed by atoms with van der Waals surface area (Å²) in [5, 5.41) is 13.4. The molecule has 2 N–H and O–H groups in total. The molecule has 100 valence electrons. The van der Waals surface area contributed by atoms with E-state index in [2.05, 4.69) is 4.98 Å². The molecule has 0 fully saturated rings. The zero-order chi connectivity index (χ0) is 14.0. The van der Waals surface area contributed by atoms with Gasteiger partial charge in [0.25, 0.3) is 5.69 Å². The number of benzene rings is 1. The van der Waals surface area contributed by atoms with Crippen molar-refractivity contribution < 1.29 is 4.92 Å². The smallest absolute Gasteiger partial charge is 0.269 e. The number of nitro groups is 1. The van der Waals surface area contributed by atoms with Crippen LogP contribution >= 0.6 is 11.3 Å². The van der Waals surface area contributed by atoms with Crippen LogP contribution in [0.25, 0.3) is 11.3 Å². The van der Waals surface area contributed by atoms with E-state index in [1.807, 2.05) is 19.2 Å². The third-order valence-electron chi connectivity index (χ3n) is 3.10.